The molecule has 42 heavy (non-hydrogen) atoms. The van der Waals surface area contributed by atoms with E-state index >= 15 is 0 Å². The number of pyridine rings is 1. The van der Waals surface area contributed by atoms with Gasteiger partial charge in [0.2, 0.25) is 5.91 Å². The van der Waals surface area contributed by atoms with Crippen LogP contribution in [0.5, 0.6) is 5.75 Å². The fourth-order valence-electron chi connectivity index (χ4n) is 5.08. The number of para-hydroxylation sites is 1. The van der Waals surface area contributed by atoms with E-state index in [1.165, 1.54) is 19.2 Å². The number of thiazole rings is 1. The van der Waals surface area contributed by atoms with E-state index in [-0.39, 0.29) is 30.3 Å². The van der Waals surface area contributed by atoms with Crippen molar-refractivity contribution in [1.82, 2.24) is 14.9 Å². The number of hydrogen-bond acceptors (Lipinski definition) is 8. The molecule has 220 valence electrons. The molecule has 1 atom stereocenters. The molecule has 1 saturated heterocycles. The number of carbonyl (C=O) groups is 2. The molecule has 1 fully saturated rings. The highest BCUT2D eigenvalue weighted by molar-refractivity contribution is 7.17. The monoisotopic (exact) mass is 598 g/mol. The van der Waals surface area contributed by atoms with Crippen LogP contribution in [0.3, 0.4) is 0 Å². The van der Waals surface area contributed by atoms with Gasteiger partial charge in [0.05, 0.1) is 12.8 Å². The van der Waals surface area contributed by atoms with Gasteiger partial charge in [-0.2, -0.15) is 13.2 Å². The molecule has 13 heteroatoms. The van der Waals surface area contributed by atoms with Crippen molar-refractivity contribution < 1.29 is 27.5 Å². The van der Waals surface area contributed by atoms with Crippen molar-refractivity contribution in [3.05, 3.63) is 70.9 Å². The highest BCUT2D eigenvalue weighted by Gasteiger charge is 2.42. The summed E-state index contributed by atoms with van der Waals surface area (Å²) in [4.78, 5) is 36.7. The second kappa shape index (κ2) is 11.2. The highest BCUT2D eigenvalue weighted by atomic mass is 32.1. The Kier molecular flexibility index (Phi) is 7.82. The number of methoxy groups -OCH3 is 1. The van der Waals surface area contributed by atoms with E-state index in [0.29, 0.717) is 39.4 Å². The van der Waals surface area contributed by atoms with Crippen LogP contribution in [0, 0.1) is 0 Å². The molecule has 0 bridgehead atoms. The van der Waals surface area contributed by atoms with Crippen molar-refractivity contribution >= 4 is 39.7 Å². The second-order valence-corrected chi connectivity index (χ2v) is 11.2. The Morgan fingerprint density at radius 2 is 1.76 bits per heavy atom. The number of fused-ring (bicyclic) bond motifs is 1. The number of aromatic nitrogens is 2. The molecule has 1 unspecified atom stereocenters. The van der Waals surface area contributed by atoms with E-state index in [1.54, 1.807) is 17.9 Å². The van der Waals surface area contributed by atoms with Gasteiger partial charge in [-0.3, -0.25) is 9.59 Å². The molecule has 0 spiro atoms. The molecular formula is C29H29F3N6O3S. The fraction of sp³-hybridized carbons (Fsp3) is 0.310. The van der Waals surface area contributed by atoms with Crippen LogP contribution in [0.1, 0.15) is 46.9 Å². The number of rotatable bonds is 7. The van der Waals surface area contributed by atoms with Gasteiger partial charge in [0, 0.05) is 35.8 Å². The highest BCUT2D eigenvalue weighted by Crippen LogP contribution is 2.40. The summed E-state index contributed by atoms with van der Waals surface area (Å²) in [6.07, 6.45) is -4.02. The first-order valence-electron chi connectivity index (χ1n) is 13.2. The van der Waals surface area contributed by atoms with Crippen molar-refractivity contribution in [2.24, 2.45) is 11.5 Å². The fourth-order valence-corrected chi connectivity index (χ4v) is 6.25. The maximum Gasteiger partial charge on any atom is 0.433 e. The molecule has 0 saturated carbocycles. The molecule has 2 aromatic carbocycles. The van der Waals surface area contributed by atoms with Gasteiger partial charge in [0.25, 0.3) is 5.91 Å². The molecule has 0 radical (unpaired) electrons. The van der Waals surface area contributed by atoms with Crippen LogP contribution in [-0.4, -0.2) is 52.4 Å². The van der Waals surface area contributed by atoms with E-state index in [0.717, 1.165) is 23.1 Å². The number of alkyl halides is 3. The summed E-state index contributed by atoms with van der Waals surface area (Å²) in [6, 6.07) is 14.1. The van der Waals surface area contributed by atoms with Crippen LogP contribution in [0.4, 0.5) is 18.9 Å². The van der Waals surface area contributed by atoms with Gasteiger partial charge in [-0.15, -0.1) is 11.3 Å². The smallest absolute Gasteiger partial charge is 0.433 e. The van der Waals surface area contributed by atoms with Crippen LogP contribution in [-0.2, 0) is 11.0 Å². The zero-order valence-corrected chi connectivity index (χ0v) is 23.7. The quantitative estimate of drug-likeness (QED) is 0.273. The number of nitrogens with two attached hydrogens (primary N) is 2. The van der Waals surface area contributed by atoms with E-state index in [2.05, 4.69) is 15.3 Å². The van der Waals surface area contributed by atoms with Crippen molar-refractivity contribution in [3.8, 4) is 16.3 Å². The Balaban J connectivity index is 1.46. The number of primary amides is 1. The van der Waals surface area contributed by atoms with Gasteiger partial charge in [-0.25, -0.2) is 9.97 Å². The van der Waals surface area contributed by atoms with Crippen molar-refractivity contribution in [1.29, 1.82) is 0 Å². The number of amides is 2. The first-order valence-corrected chi connectivity index (χ1v) is 14.0. The first kappa shape index (κ1) is 29.3. The van der Waals surface area contributed by atoms with Crippen LogP contribution in [0.25, 0.3) is 21.5 Å². The molecule has 1 aliphatic heterocycles. The maximum atomic E-state index is 13.8. The largest absolute Gasteiger partial charge is 0.494 e. The minimum Gasteiger partial charge on any atom is -0.494 e. The van der Waals surface area contributed by atoms with E-state index in [9.17, 15) is 22.8 Å². The number of likely N-dealkylation sites (tertiary alicyclic amines) is 1. The van der Waals surface area contributed by atoms with Crippen LogP contribution >= 0.6 is 11.3 Å². The lowest BCUT2D eigenvalue weighted by atomic mass is 9.86. The molecule has 0 aliphatic carbocycles. The molecule has 5 rings (SSSR count). The Morgan fingerprint density at radius 1 is 1.07 bits per heavy atom. The van der Waals surface area contributed by atoms with Gasteiger partial charge in [-0.05, 0) is 56.2 Å². The summed E-state index contributed by atoms with van der Waals surface area (Å²) in [5.74, 6) is -0.613. The van der Waals surface area contributed by atoms with E-state index < -0.39 is 29.4 Å². The normalized spacial score (nSPS) is 15.8. The number of nitrogens with one attached hydrogen (secondary N) is 1. The van der Waals surface area contributed by atoms with Gasteiger partial charge >= 0.3 is 6.18 Å². The van der Waals surface area contributed by atoms with Gasteiger partial charge in [0.15, 0.2) is 0 Å². The van der Waals surface area contributed by atoms with Crippen molar-refractivity contribution in [2.45, 2.75) is 37.5 Å². The number of piperidine rings is 1. The number of halogens is 3. The predicted octanol–water partition coefficient (Wildman–Crippen LogP) is 4.98. The molecule has 2 aromatic heterocycles. The topological polar surface area (TPSA) is 136 Å². The average Bonchev–Trinajstić information content (AvgIpc) is 3.42. The third kappa shape index (κ3) is 5.49. The summed E-state index contributed by atoms with van der Waals surface area (Å²) < 4.78 is 45.4. The molecule has 5 N–H and O–H groups in total. The summed E-state index contributed by atoms with van der Waals surface area (Å²) in [6.45, 7) is 2.24. The SMILES string of the molecule is COc1ccc(-c2nc(C(C)N)c(C(=O)N3CCC(Nc4ccccc4)(C(N)=O)CC3)s2)c2ccc(C(F)(F)F)nc12. The average molecular weight is 599 g/mol. The predicted molar refractivity (Wildman–Crippen MR) is 154 cm³/mol. The summed E-state index contributed by atoms with van der Waals surface area (Å²) in [7, 11) is 1.35. The van der Waals surface area contributed by atoms with Gasteiger partial charge in [-0.1, -0.05) is 18.2 Å². The maximum absolute atomic E-state index is 13.8. The summed E-state index contributed by atoms with van der Waals surface area (Å²) >= 11 is 1.11. The molecular weight excluding hydrogens is 569 g/mol. The molecule has 3 heterocycles. The number of benzene rings is 2. The lowest BCUT2D eigenvalue weighted by Gasteiger charge is -2.40. The Bertz CT molecular complexity index is 1630. The molecule has 2 amide bonds. The zero-order chi connectivity index (χ0) is 30.2. The standard InChI is InChI=1S/C29H29F3N6O3S/c1-16(33)22-24(26(39)38-14-12-28(13-15-38,27(34)40)37-17-6-4-3-5-7-17)42-25(36-22)19-8-10-20(41-2)23-18(19)9-11-21(35-23)29(30,31)32/h3-11,16,37H,12-15,33H2,1-2H3,(H2,34,40). The number of ether oxygens (including phenoxy) is 1. The third-order valence-corrected chi connectivity index (χ3v) is 8.47. The molecule has 9 nitrogen and oxygen atoms in total. The van der Waals surface area contributed by atoms with E-state index in [1.807, 2.05) is 30.3 Å². The molecule has 1 aliphatic rings. The second-order valence-electron chi connectivity index (χ2n) is 10.2. The van der Waals surface area contributed by atoms with Gasteiger partial charge < -0.3 is 26.4 Å². The number of anilines is 1. The summed E-state index contributed by atoms with van der Waals surface area (Å²) in [5, 5.41) is 4.06. The van der Waals surface area contributed by atoms with Gasteiger partial charge in [0.1, 0.15) is 32.4 Å². The zero-order valence-electron chi connectivity index (χ0n) is 22.9. The van der Waals surface area contributed by atoms with Crippen LogP contribution in [0.2, 0.25) is 0 Å². The Labute approximate surface area is 243 Å². The van der Waals surface area contributed by atoms with Crippen molar-refractivity contribution in [3.63, 3.8) is 0 Å². The van der Waals surface area contributed by atoms with E-state index in [4.69, 9.17) is 16.2 Å². The lowest BCUT2D eigenvalue weighted by Crippen LogP contribution is -2.57. The number of carbonyl (C=O) groups excluding carboxylic acids is 2. The van der Waals surface area contributed by atoms with Crippen LogP contribution < -0.4 is 21.5 Å². The molecule has 4 aromatic rings. The first-order chi connectivity index (χ1) is 19.9. The Morgan fingerprint density at radius 3 is 2.36 bits per heavy atom. The summed E-state index contributed by atoms with van der Waals surface area (Å²) in [5.41, 5.74) is 11.6. The minimum atomic E-state index is -4.63. The minimum absolute atomic E-state index is 0.0278. The van der Waals surface area contributed by atoms with Crippen LogP contribution in [0.15, 0.2) is 54.6 Å². The third-order valence-electron chi connectivity index (χ3n) is 7.37. The number of hydrogen-bond donors (Lipinski definition) is 3. The van der Waals surface area contributed by atoms with Crippen molar-refractivity contribution in [2.75, 3.05) is 25.5 Å². The lowest BCUT2D eigenvalue weighted by molar-refractivity contribution is -0.141. The number of nitrogens with zero attached hydrogens (tertiary/aromatic N) is 3. The Hall–Kier alpha value is -4.23.